The molecule has 0 unspecified atom stereocenters. The number of ether oxygens (including phenoxy) is 4. The Bertz CT molecular complexity index is 524. The molecule has 0 N–H and O–H groups in total. The minimum absolute atomic E-state index is 0.432. The molecule has 1 aromatic rings. The molecule has 0 amide bonds. The Kier molecular flexibility index (Phi) is 6.87. The van der Waals surface area contributed by atoms with E-state index in [2.05, 4.69) is 4.90 Å². The molecule has 0 aromatic heterocycles. The molecule has 1 aromatic carbocycles. The maximum atomic E-state index is 6.46. The van der Waals surface area contributed by atoms with E-state index in [1.165, 1.54) is 0 Å². The first-order valence-electron chi connectivity index (χ1n) is 8.23. The molecule has 2 fully saturated rings. The third-order valence-corrected chi connectivity index (χ3v) is 4.94. The molecule has 2 aliphatic heterocycles. The summed E-state index contributed by atoms with van der Waals surface area (Å²) in [6.45, 7) is 6.81. The lowest BCUT2D eigenvalue weighted by Gasteiger charge is -2.39. The number of anilines is 1. The molecule has 2 heterocycles. The number of benzene rings is 1. The minimum atomic E-state index is -0.432. The van der Waals surface area contributed by atoms with Gasteiger partial charge in [0.1, 0.15) is 21.5 Å². The van der Waals surface area contributed by atoms with Crippen LogP contribution in [0.2, 0.25) is 10.0 Å². The summed E-state index contributed by atoms with van der Waals surface area (Å²) in [6.07, 6.45) is 1.55. The van der Waals surface area contributed by atoms with Crippen molar-refractivity contribution in [2.24, 2.45) is 0 Å². The number of hydrogen-bond acceptors (Lipinski definition) is 5. The minimum Gasteiger partial charge on any atom is -0.495 e. The monoisotopic (exact) mass is 377 g/mol. The molecular formula is C17H25Cl2NO4. The van der Waals surface area contributed by atoms with E-state index in [1.807, 2.05) is 13.8 Å². The zero-order valence-corrected chi connectivity index (χ0v) is 16.2. The molecule has 24 heavy (non-hydrogen) atoms. The van der Waals surface area contributed by atoms with Crippen LogP contribution in [0.15, 0.2) is 6.07 Å². The molecule has 1 spiro atoms. The maximum Gasteiger partial charge on any atom is 0.171 e. The Labute approximate surface area is 153 Å². The van der Waals surface area contributed by atoms with Crippen molar-refractivity contribution >= 4 is 28.9 Å². The third kappa shape index (κ3) is 3.69. The van der Waals surface area contributed by atoms with Crippen molar-refractivity contribution < 1.29 is 18.9 Å². The molecular weight excluding hydrogens is 353 g/mol. The Hall–Kier alpha value is -0.880. The van der Waals surface area contributed by atoms with E-state index in [0.717, 1.165) is 31.6 Å². The van der Waals surface area contributed by atoms with Gasteiger partial charge in [-0.2, -0.15) is 0 Å². The highest BCUT2D eigenvalue weighted by molar-refractivity contribution is 6.41. The van der Waals surface area contributed by atoms with Crippen molar-refractivity contribution in [3.05, 3.63) is 16.1 Å². The average molecular weight is 378 g/mol. The van der Waals surface area contributed by atoms with Crippen molar-refractivity contribution in [2.75, 3.05) is 45.4 Å². The molecule has 0 aliphatic carbocycles. The first-order chi connectivity index (χ1) is 11.6. The number of piperidine rings is 1. The zero-order valence-electron chi connectivity index (χ0n) is 14.7. The molecule has 3 rings (SSSR count). The molecule has 5 nitrogen and oxygen atoms in total. The van der Waals surface area contributed by atoms with E-state index in [-0.39, 0.29) is 0 Å². The second-order valence-corrected chi connectivity index (χ2v) is 6.11. The first kappa shape index (κ1) is 19.4. The van der Waals surface area contributed by atoms with E-state index in [4.69, 9.17) is 42.1 Å². The van der Waals surface area contributed by atoms with Gasteiger partial charge in [0.15, 0.2) is 5.79 Å². The van der Waals surface area contributed by atoms with Crippen LogP contribution in [0, 0.1) is 0 Å². The number of methoxy groups -OCH3 is 2. The van der Waals surface area contributed by atoms with E-state index in [9.17, 15) is 0 Å². The summed E-state index contributed by atoms with van der Waals surface area (Å²) in [4.78, 5) is 2.13. The van der Waals surface area contributed by atoms with Crippen LogP contribution >= 0.6 is 23.2 Å². The smallest absolute Gasteiger partial charge is 0.171 e. The summed E-state index contributed by atoms with van der Waals surface area (Å²) in [5, 5.41) is 0.995. The van der Waals surface area contributed by atoms with Gasteiger partial charge in [-0.3, -0.25) is 0 Å². The van der Waals surface area contributed by atoms with E-state index in [0.29, 0.717) is 34.8 Å². The van der Waals surface area contributed by atoms with Gasteiger partial charge in [0, 0.05) is 32.0 Å². The molecule has 136 valence electrons. The van der Waals surface area contributed by atoms with Gasteiger partial charge in [-0.25, -0.2) is 0 Å². The van der Waals surface area contributed by atoms with Gasteiger partial charge in [-0.05, 0) is 0 Å². The molecule has 0 atom stereocenters. The highest BCUT2D eigenvalue weighted by Gasteiger charge is 2.40. The van der Waals surface area contributed by atoms with Gasteiger partial charge < -0.3 is 23.8 Å². The van der Waals surface area contributed by atoms with Gasteiger partial charge in [0.25, 0.3) is 0 Å². The van der Waals surface area contributed by atoms with Gasteiger partial charge in [-0.1, -0.05) is 37.0 Å². The second-order valence-electron chi connectivity index (χ2n) is 5.35. The lowest BCUT2D eigenvalue weighted by molar-refractivity contribution is -0.169. The number of nitrogens with zero attached hydrogens (tertiary/aromatic N) is 1. The van der Waals surface area contributed by atoms with Gasteiger partial charge in [-0.15, -0.1) is 0 Å². The quantitative estimate of drug-likeness (QED) is 0.781. The average Bonchev–Trinajstić information content (AvgIpc) is 3.07. The molecule has 0 bridgehead atoms. The Morgan fingerprint density at radius 1 is 0.958 bits per heavy atom. The van der Waals surface area contributed by atoms with Crippen LogP contribution in [-0.4, -0.2) is 46.3 Å². The van der Waals surface area contributed by atoms with Crippen LogP contribution < -0.4 is 14.4 Å². The molecule has 0 radical (unpaired) electrons. The Morgan fingerprint density at radius 2 is 1.42 bits per heavy atom. The van der Waals surface area contributed by atoms with Gasteiger partial charge >= 0.3 is 0 Å². The van der Waals surface area contributed by atoms with Crippen LogP contribution in [0.3, 0.4) is 0 Å². The highest BCUT2D eigenvalue weighted by Crippen LogP contribution is 2.47. The van der Waals surface area contributed by atoms with Crippen LogP contribution in [0.1, 0.15) is 26.7 Å². The topological polar surface area (TPSA) is 40.2 Å². The van der Waals surface area contributed by atoms with Crippen LogP contribution in [0.5, 0.6) is 11.5 Å². The lowest BCUT2D eigenvalue weighted by atomic mass is 10.0. The van der Waals surface area contributed by atoms with Crippen molar-refractivity contribution in [2.45, 2.75) is 32.5 Å². The number of halogens is 2. The third-order valence-electron chi connectivity index (χ3n) is 4.21. The standard InChI is InChI=1S/C15H19Cl2NO4.C2H6/c1-19-10-9-11(20-2)13(17)14(12(10)16)18-5-3-15(4-6-18)21-7-8-22-15;1-2/h9H,3-8H2,1-2H3;1-2H3. The fourth-order valence-electron chi connectivity index (χ4n) is 3.01. The van der Waals surface area contributed by atoms with Gasteiger partial charge in [0.05, 0.1) is 33.1 Å². The van der Waals surface area contributed by atoms with Crippen molar-refractivity contribution in [3.8, 4) is 11.5 Å². The highest BCUT2D eigenvalue weighted by atomic mass is 35.5. The second kappa shape index (κ2) is 8.48. The fraction of sp³-hybridized carbons (Fsp3) is 0.647. The SMILES string of the molecule is CC.COc1cc(OC)c(Cl)c(N2CCC3(CC2)OCCO3)c1Cl. The zero-order chi connectivity index (χ0) is 17.7. The van der Waals surface area contributed by atoms with E-state index >= 15 is 0 Å². The largest absolute Gasteiger partial charge is 0.495 e. The predicted molar refractivity (Wildman–Crippen MR) is 97.0 cm³/mol. The van der Waals surface area contributed by atoms with Crippen LogP contribution in [0.4, 0.5) is 5.69 Å². The fourth-order valence-corrected chi connectivity index (χ4v) is 3.75. The predicted octanol–water partition coefficient (Wildman–Crippen LogP) is 4.38. The van der Waals surface area contributed by atoms with Crippen molar-refractivity contribution in [1.29, 1.82) is 0 Å². The summed E-state index contributed by atoms with van der Waals surface area (Å²) >= 11 is 12.9. The van der Waals surface area contributed by atoms with Crippen LogP contribution in [0.25, 0.3) is 0 Å². The Balaban J connectivity index is 0.00000100. The van der Waals surface area contributed by atoms with Gasteiger partial charge in [0.2, 0.25) is 0 Å². The number of hydrogen-bond donors (Lipinski definition) is 0. The lowest BCUT2D eigenvalue weighted by Crippen LogP contribution is -2.45. The normalized spacial score (nSPS) is 19.0. The molecule has 2 saturated heterocycles. The summed E-state index contributed by atoms with van der Waals surface area (Å²) in [6, 6.07) is 1.70. The van der Waals surface area contributed by atoms with Crippen molar-refractivity contribution in [1.82, 2.24) is 0 Å². The summed E-state index contributed by atoms with van der Waals surface area (Å²) < 4.78 is 22.1. The van der Waals surface area contributed by atoms with Crippen molar-refractivity contribution in [3.63, 3.8) is 0 Å². The number of rotatable bonds is 3. The maximum absolute atomic E-state index is 6.46. The van der Waals surface area contributed by atoms with E-state index in [1.54, 1.807) is 20.3 Å². The Morgan fingerprint density at radius 3 is 1.83 bits per heavy atom. The summed E-state index contributed by atoms with van der Waals surface area (Å²) in [5.41, 5.74) is 0.743. The van der Waals surface area contributed by atoms with E-state index < -0.39 is 5.79 Å². The first-order valence-corrected chi connectivity index (χ1v) is 8.98. The van der Waals surface area contributed by atoms with Crippen LogP contribution in [-0.2, 0) is 9.47 Å². The molecule has 0 saturated carbocycles. The summed E-state index contributed by atoms with van der Waals surface area (Å²) in [7, 11) is 3.15. The molecule has 2 aliphatic rings. The summed E-state index contributed by atoms with van der Waals surface area (Å²) in [5.74, 6) is 0.663. The molecule has 7 heteroatoms.